The molecule has 0 bridgehead atoms. The minimum atomic E-state index is -0.344. The second-order valence-corrected chi connectivity index (χ2v) is 7.38. The summed E-state index contributed by atoms with van der Waals surface area (Å²) in [5, 5.41) is 1.05. The van der Waals surface area contributed by atoms with E-state index in [1.807, 2.05) is 42.6 Å². The van der Waals surface area contributed by atoms with Crippen LogP contribution in [0.2, 0.25) is 0 Å². The van der Waals surface area contributed by atoms with E-state index in [2.05, 4.69) is 19.9 Å². The van der Waals surface area contributed by atoms with E-state index < -0.39 is 0 Å². The highest BCUT2D eigenvalue weighted by atomic mass is 16.5. The van der Waals surface area contributed by atoms with Gasteiger partial charge >= 0.3 is 5.97 Å². The standard InChI is InChI=1S/C23H21N5O2/c1-30-23(29)21-18(17-6-2-3-7-20(17)26-21)14-28-10-8-19-16(13-28)12-25-22(27-19)15-5-4-9-24-11-15/h2-7,9,11-12,26H,8,10,13-14H2,1H3. The molecule has 0 unspecified atom stereocenters. The Hall–Kier alpha value is -3.58. The lowest BCUT2D eigenvalue weighted by Crippen LogP contribution is -2.31. The molecule has 5 rings (SSSR count). The molecule has 0 saturated carbocycles. The molecule has 7 nitrogen and oxygen atoms in total. The van der Waals surface area contributed by atoms with Gasteiger partial charge in [-0.25, -0.2) is 14.8 Å². The van der Waals surface area contributed by atoms with Crippen LogP contribution in [0.3, 0.4) is 0 Å². The van der Waals surface area contributed by atoms with Crippen molar-refractivity contribution in [3.05, 3.63) is 77.5 Å². The minimum Gasteiger partial charge on any atom is -0.464 e. The molecule has 7 heteroatoms. The quantitative estimate of drug-likeness (QED) is 0.530. The molecule has 1 aromatic carbocycles. The van der Waals surface area contributed by atoms with Crippen LogP contribution in [0.1, 0.15) is 27.3 Å². The van der Waals surface area contributed by atoms with E-state index in [1.54, 1.807) is 12.4 Å². The van der Waals surface area contributed by atoms with Crippen LogP contribution in [0.4, 0.5) is 0 Å². The lowest BCUT2D eigenvalue weighted by molar-refractivity contribution is 0.0592. The fourth-order valence-corrected chi connectivity index (χ4v) is 4.01. The third-order valence-electron chi connectivity index (χ3n) is 5.52. The molecule has 4 aromatic rings. The average Bonchev–Trinajstić information content (AvgIpc) is 3.17. The Bertz CT molecular complexity index is 1220. The van der Waals surface area contributed by atoms with Gasteiger partial charge in [-0.2, -0.15) is 0 Å². The van der Waals surface area contributed by atoms with Gasteiger partial charge in [-0.3, -0.25) is 9.88 Å². The van der Waals surface area contributed by atoms with Crippen molar-refractivity contribution in [1.82, 2.24) is 24.8 Å². The number of pyridine rings is 1. The van der Waals surface area contributed by atoms with Crippen LogP contribution in [-0.4, -0.2) is 44.5 Å². The van der Waals surface area contributed by atoms with Crippen molar-refractivity contribution in [3.63, 3.8) is 0 Å². The zero-order chi connectivity index (χ0) is 20.5. The summed E-state index contributed by atoms with van der Waals surface area (Å²) in [6.07, 6.45) is 6.27. The fourth-order valence-electron chi connectivity index (χ4n) is 4.01. The topological polar surface area (TPSA) is 84.0 Å². The monoisotopic (exact) mass is 399 g/mol. The largest absolute Gasteiger partial charge is 0.464 e. The first-order valence-electron chi connectivity index (χ1n) is 9.88. The highest BCUT2D eigenvalue weighted by Gasteiger charge is 2.24. The van der Waals surface area contributed by atoms with Crippen LogP contribution >= 0.6 is 0 Å². The van der Waals surface area contributed by atoms with Gasteiger partial charge in [0.1, 0.15) is 5.69 Å². The molecule has 3 aromatic heterocycles. The molecule has 0 atom stereocenters. The van der Waals surface area contributed by atoms with E-state index in [4.69, 9.17) is 9.72 Å². The Morgan fingerprint density at radius 3 is 2.93 bits per heavy atom. The second kappa shape index (κ2) is 7.68. The number of hydrogen-bond donors (Lipinski definition) is 1. The number of para-hydroxylation sites is 1. The number of esters is 1. The molecule has 0 saturated heterocycles. The number of rotatable bonds is 4. The van der Waals surface area contributed by atoms with E-state index in [9.17, 15) is 4.79 Å². The molecule has 0 aliphatic carbocycles. The molecule has 150 valence electrons. The van der Waals surface area contributed by atoms with Crippen LogP contribution in [-0.2, 0) is 24.2 Å². The van der Waals surface area contributed by atoms with E-state index >= 15 is 0 Å². The number of carbonyl (C=O) groups is 1. The van der Waals surface area contributed by atoms with Gasteiger partial charge < -0.3 is 9.72 Å². The first kappa shape index (κ1) is 18.4. The van der Waals surface area contributed by atoms with Crippen molar-refractivity contribution in [2.45, 2.75) is 19.5 Å². The number of aromatic nitrogens is 4. The minimum absolute atomic E-state index is 0.344. The number of nitrogens with one attached hydrogen (secondary N) is 1. The van der Waals surface area contributed by atoms with Gasteiger partial charge in [-0.15, -0.1) is 0 Å². The summed E-state index contributed by atoms with van der Waals surface area (Å²) in [5.41, 5.74) is 5.54. The summed E-state index contributed by atoms with van der Waals surface area (Å²) in [5.74, 6) is 0.364. The van der Waals surface area contributed by atoms with E-state index in [1.165, 1.54) is 7.11 Å². The Morgan fingerprint density at radius 1 is 1.20 bits per heavy atom. The number of nitrogens with zero attached hydrogens (tertiary/aromatic N) is 4. The van der Waals surface area contributed by atoms with Gasteiger partial charge in [0.25, 0.3) is 0 Å². The number of aromatic amines is 1. The Balaban J connectivity index is 1.42. The van der Waals surface area contributed by atoms with Crippen LogP contribution in [0, 0.1) is 0 Å². The number of ether oxygens (including phenoxy) is 1. The fraction of sp³-hybridized carbons (Fsp3) is 0.217. The van der Waals surface area contributed by atoms with Crippen molar-refractivity contribution >= 4 is 16.9 Å². The number of methoxy groups -OCH3 is 1. The Morgan fingerprint density at radius 2 is 2.10 bits per heavy atom. The summed E-state index contributed by atoms with van der Waals surface area (Å²) in [6.45, 7) is 2.25. The van der Waals surface area contributed by atoms with Crippen molar-refractivity contribution in [2.24, 2.45) is 0 Å². The maximum Gasteiger partial charge on any atom is 0.354 e. The van der Waals surface area contributed by atoms with Crippen LogP contribution in [0.15, 0.2) is 55.0 Å². The maximum absolute atomic E-state index is 12.3. The number of carbonyl (C=O) groups excluding carboxylic acids is 1. The SMILES string of the molecule is COC(=O)c1[nH]c2ccccc2c1CN1CCc2nc(-c3cccnc3)ncc2C1. The lowest BCUT2D eigenvalue weighted by Gasteiger charge is -2.28. The van der Waals surface area contributed by atoms with Crippen LogP contribution in [0.5, 0.6) is 0 Å². The second-order valence-electron chi connectivity index (χ2n) is 7.38. The van der Waals surface area contributed by atoms with Crippen molar-refractivity contribution in [2.75, 3.05) is 13.7 Å². The third-order valence-corrected chi connectivity index (χ3v) is 5.52. The van der Waals surface area contributed by atoms with E-state index in [-0.39, 0.29) is 5.97 Å². The van der Waals surface area contributed by atoms with Gasteiger partial charge in [-0.1, -0.05) is 18.2 Å². The van der Waals surface area contributed by atoms with Crippen molar-refractivity contribution in [3.8, 4) is 11.4 Å². The molecular formula is C23H21N5O2. The first-order valence-corrected chi connectivity index (χ1v) is 9.88. The molecule has 4 heterocycles. The highest BCUT2D eigenvalue weighted by Crippen LogP contribution is 2.27. The highest BCUT2D eigenvalue weighted by molar-refractivity contribution is 5.98. The summed E-state index contributed by atoms with van der Waals surface area (Å²) in [4.78, 5) is 31.3. The molecule has 1 aliphatic rings. The van der Waals surface area contributed by atoms with Gasteiger partial charge in [0.05, 0.1) is 12.8 Å². The number of H-pyrrole nitrogens is 1. The molecule has 0 spiro atoms. The Labute approximate surface area is 173 Å². The normalized spacial score (nSPS) is 13.9. The smallest absolute Gasteiger partial charge is 0.354 e. The molecule has 0 fully saturated rings. The van der Waals surface area contributed by atoms with Gasteiger partial charge in [0.2, 0.25) is 0 Å². The van der Waals surface area contributed by atoms with Gasteiger partial charge in [0, 0.05) is 72.2 Å². The molecule has 1 N–H and O–H groups in total. The maximum atomic E-state index is 12.3. The third kappa shape index (κ3) is 3.33. The van der Waals surface area contributed by atoms with E-state index in [0.29, 0.717) is 18.1 Å². The summed E-state index contributed by atoms with van der Waals surface area (Å²) >= 11 is 0. The zero-order valence-corrected chi connectivity index (χ0v) is 16.6. The van der Waals surface area contributed by atoms with Gasteiger partial charge in [0.15, 0.2) is 5.82 Å². The van der Waals surface area contributed by atoms with Crippen LogP contribution in [0.25, 0.3) is 22.3 Å². The summed E-state index contributed by atoms with van der Waals surface area (Å²) in [6, 6.07) is 11.8. The number of fused-ring (bicyclic) bond motifs is 2. The van der Waals surface area contributed by atoms with E-state index in [0.717, 1.165) is 52.8 Å². The zero-order valence-electron chi connectivity index (χ0n) is 16.6. The average molecular weight is 399 g/mol. The number of hydrogen-bond acceptors (Lipinski definition) is 6. The van der Waals surface area contributed by atoms with Crippen molar-refractivity contribution in [1.29, 1.82) is 0 Å². The molecular weight excluding hydrogens is 378 g/mol. The first-order chi connectivity index (χ1) is 14.7. The van der Waals surface area contributed by atoms with Gasteiger partial charge in [-0.05, 0) is 18.2 Å². The lowest BCUT2D eigenvalue weighted by atomic mass is 10.0. The molecule has 0 radical (unpaired) electrons. The number of benzene rings is 1. The summed E-state index contributed by atoms with van der Waals surface area (Å²) < 4.78 is 4.99. The predicted molar refractivity (Wildman–Crippen MR) is 113 cm³/mol. The summed E-state index contributed by atoms with van der Waals surface area (Å²) in [7, 11) is 1.41. The Kier molecular flexibility index (Phi) is 4.72. The predicted octanol–water partition coefficient (Wildman–Crippen LogP) is 3.36. The van der Waals surface area contributed by atoms with Crippen LogP contribution < -0.4 is 0 Å². The molecule has 1 aliphatic heterocycles. The molecule has 0 amide bonds. The van der Waals surface area contributed by atoms with Crippen molar-refractivity contribution < 1.29 is 9.53 Å². The molecule has 30 heavy (non-hydrogen) atoms.